The maximum Gasteiger partial charge on any atom is 0.319 e. The van der Waals surface area contributed by atoms with Crippen molar-refractivity contribution in [3.05, 3.63) is 42.1 Å². The molecule has 1 saturated heterocycles. The van der Waals surface area contributed by atoms with Gasteiger partial charge in [0.15, 0.2) is 0 Å². The van der Waals surface area contributed by atoms with Gasteiger partial charge in [0.1, 0.15) is 18.3 Å². The fourth-order valence-corrected chi connectivity index (χ4v) is 2.98. The van der Waals surface area contributed by atoms with E-state index in [9.17, 15) is 9.59 Å². The Balaban J connectivity index is 2.15. The van der Waals surface area contributed by atoms with Gasteiger partial charge in [-0.05, 0) is 23.4 Å². The predicted molar refractivity (Wildman–Crippen MR) is 94.0 cm³/mol. The first kappa shape index (κ1) is 18.2. The second-order valence-electron chi connectivity index (χ2n) is 5.22. The van der Waals surface area contributed by atoms with Gasteiger partial charge in [-0.3, -0.25) is 4.79 Å². The maximum absolute atomic E-state index is 12.5. The summed E-state index contributed by atoms with van der Waals surface area (Å²) in [5, 5.41) is 5.33. The number of nitrogens with one attached hydrogen (secondary N) is 2. The zero-order valence-electron chi connectivity index (χ0n) is 13.8. The number of methoxy groups -OCH3 is 1. The van der Waals surface area contributed by atoms with Crippen LogP contribution in [-0.4, -0.2) is 37.2 Å². The minimum absolute atomic E-state index is 0.338. The summed E-state index contributed by atoms with van der Waals surface area (Å²) in [6.45, 7) is 6.21. The molecule has 0 spiro atoms. The van der Waals surface area contributed by atoms with Crippen LogP contribution in [0.4, 0.5) is 4.79 Å². The highest BCUT2D eigenvalue weighted by Gasteiger charge is 2.38. The van der Waals surface area contributed by atoms with Crippen molar-refractivity contribution in [1.82, 2.24) is 10.6 Å². The van der Waals surface area contributed by atoms with E-state index in [-0.39, 0.29) is 6.03 Å². The van der Waals surface area contributed by atoms with Crippen LogP contribution in [0.3, 0.4) is 0 Å². The van der Waals surface area contributed by atoms with Crippen LogP contribution in [0.2, 0.25) is 0 Å². The van der Waals surface area contributed by atoms with E-state index < -0.39 is 17.9 Å². The lowest BCUT2D eigenvalue weighted by Gasteiger charge is -2.33. The van der Waals surface area contributed by atoms with Crippen LogP contribution in [-0.2, 0) is 9.53 Å². The van der Waals surface area contributed by atoms with Crippen molar-refractivity contribution in [3.63, 3.8) is 0 Å². The lowest BCUT2D eigenvalue weighted by molar-refractivity contribution is -0.147. The van der Waals surface area contributed by atoms with Gasteiger partial charge in [-0.25, -0.2) is 4.79 Å². The Labute approximate surface area is 146 Å². The number of urea groups is 1. The summed E-state index contributed by atoms with van der Waals surface area (Å²) in [6.07, 6.45) is 0. The molecule has 7 heteroatoms. The summed E-state index contributed by atoms with van der Waals surface area (Å²) in [6, 6.07) is 6.29. The van der Waals surface area contributed by atoms with E-state index >= 15 is 0 Å². The first-order valence-electron chi connectivity index (χ1n) is 7.71. The number of carbonyl (C=O) groups is 2. The monoisotopic (exact) mass is 350 g/mol. The van der Waals surface area contributed by atoms with Gasteiger partial charge in [-0.15, -0.1) is 0 Å². The lowest BCUT2D eigenvalue weighted by atomic mass is 9.89. The summed E-state index contributed by atoms with van der Waals surface area (Å²) < 4.78 is 10.5. The van der Waals surface area contributed by atoms with Gasteiger partial charge in [-0.1, -0.05) is 25.6 Å². The topological polar surface area (TPSA) is 76.7 Å². The molecule has 0 aromatic heterocycles. The second kappa shape index (κ2) is 8.63. The summed E-state index contributed by atoms with van der Waals surface area (Å²) in [4.78, 5) is 24.3. The van der Waals surface area contributed by atoms with Crippen molar-refractivity contribution < 1.29 is 19.1 Å². The molecule has 1 aromatic rings. The first-order chi connectivity index (χ1) is 11.6. The molecular formula is C17H22N2O4S. The van der Waals surface area contributed by atoms with Crippen molar-refractivity contribution in [2.75, 3.05) is 25.2 Å². The minimum atomic E-state index is -0.678. The van der Waals surface area contributed by atoms with Crippen molar-refractivity contribution in [2.45, 2.75) is 13.0 Å². The number of hydrogen-bond acceptors (Lipinski definition) is 5. The molecule has 2 atom stereocenters. The standard InChI is InChI=1S/C17H22N2O4S/c1-4-24-10-9-23-16(20)14-11(2)18-17(21)19-15(14)12-5-7-13(22-3)8-6-12/h5-8,14-15H,2,4,9-10H2,1,3H3,(H2,18,19,21)/t14-,15+/m1/s1. The molecule has 130 valence electrons. The van der Waals surface area contributed by atoms with Crippen molar-refractivity contribution >= 4 is 23.8 Å². The molecule has 6 nitrogen and oxygen atoms in total. The summed E-state index contributed by atoms with van der Waals surface area (Å²) in [5.41, 5.74) is 1.13. The highest BCUT2D eigenvalue weighted by atomic mass is 32.2. The molecule has 1 fully saturated rings. The van der Waals surface area contributed by atoms with E-state index in [1.165, 1.54) is 0 Å². The molecule has 1 heterocycles. The molecule has 0 unspecified atom stereocenters. The van der Waals surface area contributed by atoms with Gasteiger partial charge in [0.05, 0.1) is 13.2 Å². The third-order valence-corrected chi connectivity index (χ3v) is 4.54. The van der Waals surface area contributed by atoms with Crippen LogP contribution in [0.15, 0.2) is 36.5 Å². The molecular weight excluding hydrogens is 328 g/mol. The molecule has 24 heavy (non-hydrogen) atoms. The number of amides is 2. The number of hydrogen-bond donors (Lipinski definition) is 2. The molecule has 1 aromatic carbocycles. The number of carbonyl (C=O) groups excluding carboxylic acids is 2. The van der Waals surface area contributed by atoms with Crippen LogP contribution in [0.25, 0.3) is 0 Å². The van der Waals surface area contributed by atoms with Crippen molar-refractivity contribution in [2.24, 2.45) is 5.92 Å². The SMILES string of the molecule is C=C1NC(=O)N[C@@H](c2ccc(OC)cc2)[C@@H]1C(=O)OCCSCC. The largest absolute Gasteiger partial charge is 0.497 e. The Morgan fingerprint density at radius 3 is 2.67 bits per heavy atom. The van der Waals surface area contributed by atoms with E-state index in [0.717, 1.165) is 17.1 Å². The molecule has 2 rings (SSSR count). The third kappa shape index (κ3) is 4.44. The Hall–Kier alpha value is -2.15. The van der Waals surface area contributed by atoms with E-state index in [1.807, 2.05) is 12.1 Å². The minimum Gasteiger partial charge on any atom is -0.497 e. The van der Waals surface area contributed by atoms with Gasteiger partial charge in [-0.2, -0.15) is 11.8 Å². The van der Waals surface area contributed by atoms with E-state index in [1.54, 1.807) is 31.0 Å². The summed E-state index contributed by atoms with van der Waals surface area (Å²) >= 11 is 1.70. The van der Waals surface area contributed by atoms with Crippen LogP contribution in [0.1, 0.15) is 18.5 Å². The Morgan fingerprint density at radius 1 is 1.33 bits per heavy atom. The Bertz CT molecular complexity index is 603. The summed E-state index contributed by atoms with van der Waals surface area (Å²) in [7, 11) is 1.58. The lowest BCUT2D eigenvalue weighted by Crippen LogP contribution is -2.51. The average molecular weight is 350 g/mol. The first-order valence-corrected chi connectivity index (χ1v) is 8.87. The fourth-order valence-electron chi connectivity index (χ4n) is 2.49. The fraction of sp³-hybridized carbons (Fsp3) is 0.412. The molecule has 2 amide bonds. The molecule has 0 aliphatic carbocycles. The molecule has 0 radical (unpaired) electrons. The summed E-state index contributed by atoms with van der Waals surface area (Å²) in [5.74, 6) is 1.34. The van der Waals surface area contributed by atoms with Crippen molar-refractivity contribution in [3.8, 4) is 5.75 Å². The highest BCUT2D eigenvalue weighted by Crippen LogP contribution is 2.31. The van der Waals surface area contributed by atoms with Gasteiger partial charge < -0.3 is 20.1 Å². The Morgan fingerprint density at radius 2 is 2.04 bits per heavy atom. The maximum atomic E-state index is 12.5. The number of rotatable bonds is 7. The predicted octanol–water partition coefficient (Wildman–Crippen LogP) is 2.48. The van der Waals surface area contributed by atoms with Gasteiger partial charge >= 0.3 is 12.0 Å². The number of esters is 1. The van der Waals surface area contributed by atoms with Gasteiger partial charge in [0.2, 0.25) is 0 Å². The molecule has 1 aliphatic rings. The van der Waals surface area contributed by atoms with Crippen LogP contribution >= 0.6 is 11.8 Å². The quantitative estimate of drug-likeness (QED) is 0.584. The van der Waals surface area contributed by atoms with Crippen LogP contribution in [0, 0.1) is 5.92 Å². The van der Waals surface area contributed by atoms with Crippen LogP contribution in [0.5, 0.6) is 5.75 Å². The van der Waals surface area contributed by atoms with E-state index in [2.05, 4.69) is 24.1 Å². The van der Waals surface area contributed by atoms with Gasteiger partial charge in [0, 0.05) is 11.4 Å². The number of ether oxygens (including phenoxy) is 2. The number of benzene rings is 1. The zero-order chi connectivity index (χ0) is 17.5. The molecule has 2 N–H and O–H groups in total. The van der Waals surface area contributed by atoms with Crippen LogP contribution < -0.4 is 15.4 Å². The normalized spacial score (nSPS) is 20.1. The smallest absolute Gasteiger partial charge is 0.319 e. The number of thioether (sulfide) groups is 1. The van der Waals surface area contributed by atoms with Gasteiger partial charge in [0.25, 0.3) is 0 Å². The van der Waals surface area contributed by atoms with E-state index in [4.69, 9.17) is 9.47 Å². The molecule has 0 saturated carbocycles. The Kier molecular flexibility index (Phi) is 6.54. The average Bonchev–Trinajstić information content (AvgIpc) is 2.58. The highest BCUT2D eigenvalue weighted by molar-refractivity contribution is 7.99. The molecule has 0 bridgehead atoms. The second-order valence-corrected chi connectivity index (χ2v) is 6.61. The molecule has 1 aliphatic heterocycles. The van der Waals surface area contributed by atoms with E-state index in [0.29, 0.717) is 18.1 Å². The zero-order valence-corrected chi connectivity index (χ0v) is 14.7. The third-order valence-electron chi connectivity index (χ3n) is 3.67. The van der Waals surface area contributed by atoms with Crippen molar-refractivity contribution in [1.29, 1.82) is 0 Å².